The van der Waals surface area contributed by atoms with Gasteiger partial charge in [-0.1, -0.05) is 0 Å². The Labute approximate surface area is 139 Å². The van der Waals surface area contributed by atoms with Gasteiger partial charge in [-0.15, -0.1) is 11.3 Å². The monoisotopic (exact) mass is 329 g/mol. The van der Waals surface area contributed by atoms with E-state index < -0.39 is 0 Å². The van der Waals surface area contributed by atoms with Crippen molar-refractivity contribution in [3.05, 3.63) is 44.6 Å². The Bertz CT molecular complexity index is 775. The van der Waals surface area contributed by atoms with Crippen molar-refractivity contribution >= 4 is 17.2 Å². The first-order valence-corrected chi connectivity index (χ1v) is 8.53. The van der Waals surface area contributed by atoms with E-state index in [1.807, 2.05) is 11.4 Å². The Morgan fingerprint density at radius 3 is 3.22 bits per heavy atom. The molecule has 2 aromatic heterocycles. The van der Waals surface area contributed by atoms with Crippen LogP contribution in [0.25, 0.3) is 0 Å². The maximum Gasteiger partial charge on any atom is 0.293 e. The third-order valence-electron chi connectivity index (χ3n) is 4.07. The number of rotatable bonds is 4. The van der Waals surface area contributed by atoms with Gasteiger partial charge in [0.2, 0.25) is 0 Å². The highest BCUT2D eigenvalue weighted by Gasteiger charge is 2.22. The van der Waals surface area contributed by atoms with Crippen molar-refractivity contribution in [2.24, 2.45) is 7.05 Å². The second-order valence-corrected chi connectivity index (χ2v) is 6.74. The van der Waals surface area contributed by atoms with Crippen molar-refractivity contribution in [1.29, 1.82) is 5.26 Å². The highest BCUT2D eigenvalue weighted by atomic mass is 32.1. The van der Waals surface area contributed by atoms with E-state index in [1.165, 1.54) is 0 Å². The normalized spacial score (nSPS) is 17.9. The molecule has 1 aliphatic rings. The second-order valence-electron chi connectivity index (χ2n) is 5.75. The third kappa shape index (κ3) is 3.60. The Hall–Kier alpha value is -2.17. The van der Waals surface area contributed by atoms with Gasteiger partial charge >= 0.3 is 0 Å². The van der Waals surface area contributed by atoms with Crippen LogP contribution in [0.4, 0.5) is 5.82 Å². The topological polar surface area (TPSA) is 74.0 Å². The standard InChI is InChI=1S/C16H19N5OS/c1-20-6-4-18-15(16(20)22)21-5-2-3-13(10-21)19-9-14-7-12(8-17)11-23-14/h4,6-7,11,13,19H,2-3,5,9-10H2,1H3/t13-/m1/s1. The molecular weight excluding hydrogens is 310 g/mol. The number of thiophene rings is 1. The van der Waals surface area contributed by atoms with Crippen LogP contribution in [0.3, 0.4) is 0 Å². The molecule has 0 aromatic carbocycles. The Morgan fingerprint density at radius 2 is 2.43 bits per heavy atom. The lowest BCUT2D eigenvalue weighted by Crippen LogP contribution is -2.47. The number of nitriles is 1. The SMILES string of the molecule is Cn1ccnc(N2CCC[C@@H](NCc3cc(C#N)cs3)C2)c1=O. The van der Waals surface area contributed by atoms with Crippen LogP contribution in [0.15, 0.2) is 28.6 Å². The smallest absolute Gasteiger partial charge is 0.293 e. The molecule has 0 amide bonds. The number of aromatic nitrogens is 2. The lowest BCUT2D eigenvalue weighted by Gasteiger charge is -2.33. The average Bonchev–Trinajstić information content (AvgIpc) is 3.04. The zero-order chi connectivity index (χ0) is 16.2. The molecule has 23 heavy (non-hydrogen) atoms. The lowest BCUT2D eigenvalue weighted by atomic mass is 10.1. The summed E-state index contributed by atoms with van der Waals surface area (Å²) in [5.74, 6) is 0.532. The van der Waals surface area contributed by atoms with Crippen LogP contribution in [0.5, 0.6) is 0 Å². The number of nitrogens with one attached hydrogen (secondary N) is 1. The van der Waals surface area contributed by atoms with Gasteiger partial charge in [-0.3, -0.25) is 4.79 Å². The van der Waals surface area contributed by atoms with Crippen molar-refractivity contribution in [2.75, 3.05) is 18.0 Å². The predicted octanol–water partition coefficient (Wildman–Crippen LogP) is 1.47. The summed E-state index contributed by atoms with van der Waals surface area (Å²) >= 11 is 1.60. The highest BCUT2D eigenvalue weighted by Crippen LogP contribution is 2.17. The molecule has 0 unspecified atom stereocenters. The molecule has 2 aromatic rings. The number of hydrogen-bond acceptors (Lipinski definition) is 6. The third-order valence-corrected chi connectivity index (χ3v) is 5.00. The van der Waals surface area contributed by atoms with Crippen LogP contribution in [0.1, 0.15) is 23.3 Å². The summed E-state index contributed by atoms with van der Waals surface area (Å²) in [5, 5.41) is 14.3. The Kier molecular flexibility index (Phi) is 4.74. The Morgan fingerprint density at radius 1 is 1.57 bits per heavy atom. The lowest BCUT2D eigenvalue weighted by molar-refractivity contribution is 0.420. The molecule has 0 aliphatic carbocycles. The van der Waals surface area contributed by atoms with E-state index in [9.17, 15) is 4.79 Å². The summed E-state index contributed by atoms with van der Waals surface area (Å²) in [7, 11) is 1.75. The molecule has 7 heteroatoms. The summed E-state index contributed by atoms with van der Waals surface area (Å²) in [6.45, 7) is 2.40. The molecule has 0 bridgehead atoms. The van der Waals surface area contributed by atoms with Gasteiger partial charge in [-0.25, -0.2) is 4.98 Å². The molecule has 1 atom stereocenters. The minimum absolute atomic E-state index is 0.0509. The zero-order valence-electron chi connectivity index (χ0n) is 13.0. The van der Waals surface area contributed by atoms with Gasteiger partial charge in [0, 0.05) is 55.4 Å². The van der Waals surface area contributed by atoms with Gasteiger partial charge < -0.3 is 14.8 Å². The Balaban J connectivity index is 1.63. The number of piperidine rings is 1. The zero-order valence-corrected chi connectivity index (χ0v) is 13.8. The predicted molar refractivity (Wildman–Crippen MR) is 90.6 cm³/mol. The minimum atomic E-state index is -0.0509. The van der Waals surface area contributed by atoms with Crippen molar-refractivity contribution in [3.8, 4) is 6.07 Å². The van der Waals surface area contributed by atoms with Crippen LogP contribution in [0, 0.1) is 11.3 Å². The first kappa shape index (κ1) is 15.7. The summed E-state index contributed by atoms with van der Waals surface area (Å²) in [4.78, 5) is 19.7. The van der Waals surface area contributed by atoms with Gasteiger partial charge in [-0.2, -0.15) is 5.26 Å². The summed E-state index contributed by atoms with van der Waals surface area (Å²) < 4.78 is 1.56. The van der Waals surface area contributed by atoms with Crippen LogP contribution in [0.2, 0.25) is 0 Å². The van der Waals surface area contributed by atoms with E-state index >= 15 is 0 Å². The van der Waals surface area contributed by atoms with E-state index in [-0.39, 0.29) is 5.56 Å². The number of hydrogen-bond donors (Lipinski definition) is 1. The van der Waals surface area contributed by atoms with E-state index in [1.54, 1.807) is 35.3 Å². The van der Waals surface area contributed by atoms with Gasteiger partial charge in [0.25, 0.3) is 5.56 Å². The second kappa shape index (κ2) is 6.94. The van der Waals surface area contributed by atoms with Crippen molar-refractivity contribution in [2.45, 2.75) is 25.4 Å². The van der Waals surface area contributed by atoms with Crippen LogP contribution in [-0.2, 0) is 13.6 Å². The van der Waals surface area contributed by atoms with Gasteiger partial charge in [0.05, 0.1) is 5.56 Å². The molecule has 0 saturated carbocycles. The van der Waals surface area contributed by atoms with Crippen LogP contribution in [-0.4, -0.2) is 28.7 Å². The van der Waals surface area contributed by atoms with Gasteiger partial charge in [0.1, 0.15) is 6.07 Å². The first-order valence-electron chi connectivity index (χ1n) is 7.65. The van der Waals surface area contributed by atoms with Crippen LogP contribution >= 0.6 is 11.3 Å². The van der Waals surface area contributed by atoms with Gasteiger partial charge in [-0.05, 0) is 18.9 Å². The first-order chi connectivity index (χ1) is 11.2. The van der Waals surface area contributed by atoms with Gasteiger partial charge in [0.15, 0.2) is 5.82 Å². The average molecular weight is 329 g/mol. The quantitative estimate of drug-likeness (QED) is 0.919. The fourth-order valence-corrected chi connectivity index (χ4v) is 3.58. The molecule has 3 heterocycles. The largest absolute Gasteiger partial charge is 0.350 e. The molecule has 1 saturated heterocycles. The van der Waals surface area contributed by atoms with E-state index in [4.69, 9.17) is 5.26 Å². The van der Waals surface area contributed by atoms with Crippen LogP contribution < -0.4 is 15.8 Å². The fraction of sp³-hybridized carbons (Fsp3) is 0.438. The number of nitrogens with zero attached hydrogens (tertiary/aromatic N) is 4. The number of anilines is 1. The minimum Gasteiger partial charge on any atom is -0.350 e. The molecule has 3 rings (SSSR count). The molecule has 1 fully saturated rings. The van der Waals surface area contributed by atoms with E-state index in [0.717, 1.165) is 37.4 Å². The molecule has 0 spiro atoms. The maximum absolute atomic E-state index is 12.2. The van der Waals surface area contributed by atoms with Crippen molar-refractivity contribution in [3.63, 3.8) is 0 Å². The molecule has 0 radical (unpaired) electrons. The van der Waals surface area contributed by atoms with Crippen molar-refractivity contribution < 1.29 is 0 Å². The van der Waals surface area contributed by atoms with E-state index in [0.29, 0.717) is 17.4 Å². The molecular formula is C16H19N5OS. The maximum atomic E-state index is 12.2. The molecule has 1 N–H and O–H groups in total. The highest BCUT2D eigenvalue weighted by molar-refractivity contribution is 7.10. The molecule has 120 valence electrons. The molecule has 6 nitrogen and oxygen atoms in total. The van der Waals surface area contributed by atoms with Crippen molar-refractivity contribution in [1.82, 2.24) is 14.9 Å². The number of aryl methyl sites for hydroxylation is 1. The summed E-state index contributed by atoms with van der Waals surface area (Å²) in [6.07, 6.45) is 5.46. The summed E-state index contributed by atoms with van der Waals surface area (Å²) in [5.41, 5.74) is 0.666. The van der Waals surface area contributed by atoms with E-state index in [2.05, 4.69) is 21.3 Å². The molecule has 1 aliphatic heterocycles. The fourth-order valence-electron chi connectivity index (χ4n) is 2.81. The summed E-state index contributed by atoms with van der Waals surface area (Å²) in [6, 6.07) is 4.40.